The van der Waals surface area contributed by atoms with Crippen molar-refractivity contribution in [2.45, 2.75) is 24.0 Å². The molecule has 0 bridgehead atoms. The van der Waals surface area contributed by atoms with Gasteiger partial charge in [0.1, 0.15) is 0 Å². The van der Waals surface area contributed by atoms with E-state index in [0.29, 0.717) is 0 Å². The van der Waals surface area contributed by atoms with E-state index in [9.17, 15) is 18.6 Å². The standard InChI is InChI=1S/C21H25NO4S.CH2Cl2/c1-3-18(21(24)16-7-5-4-6-8-16)19-13-22(14-20(19)23)27(25,26)17-11-9-15(2)10-12-17;2-1-3/h3-12,18-21,23-24H,1,13-14H2,2H3;1H2/t18-,19-,20-,21-;/m1./s1. The second kappa shape index (κ2) is 11.3. The Balaban J connectivity index is 0.00000101. The maximum atomic E-state index is 12.9. The zero-order valence-electron chi connectivity index (χ0n) is 16.7. The molecule has 8 heteroatoms. The number of alkyl halides is 2. The van der Waals surface area contributed by atoms with Crippen LogP contribution in [0.1, 0.15) is 17.2 Å². The van der Waals surface area contributed by atoms with Gasteiger partial charge in [-0.05, 0) is 24.6 Å². The van der Waals surface area contributed by atoms with E-state index in [4.69, 9.17) is 23.2 Å². The van der Waals surface area contributed by atoms with Crippen molar-refractivity contribution in [3.05, 3.63) is 78.4 Å². The average molecular weight is 472 g/mol. The maximum Gasteiger partial charge on any atom is 0.243 e. The number of halogens is 2. The Morgan fingerprint density at radius 3 is 2.23 bits per heavy atom. The number of rotatable bonds is 6. The molecule has 3 rings (SSSR count). The molecule has 1 aliphatic rings. The van der Waals surface area contributed by atoms with Gasteiger partial charge in [-0.3, -0.25) is 0 Å². The minimum absolute atomic E-state index is 0.00667. The van der Waals surface area contributed by atoms with Crippen molar-refractivity contribution in [2.75, 3.05) is 18.4 Å². The lowest BCUT2D eigenvalue weighted by atomic mass is 9.83. The van der Waals surface area contributed by atoms with Crippen LogP contribution < -0.4 is 0 Å². The topological polar surface area (TPSA) is 77.8 Å². The largest absolute Gasteiger partial charge is 0.391 e. The zero-order valence-corrected chi connectivity index (χ0v) is 19.1. The summed E-state index contributed by atoms with van der Waals surface area (Å²) >= 11 is 9.53. The van der Waals surface area contributed by atoms with Crippen LogP contribution in [-0.2, 0) is 10.0 Å². The van der Waals surface area contributed by atoms with Crippen LogP contribution in [0.4, 0.5) is 0 Å². The predicted molar refractivity (Wildman–Crippen MR) is 121 cm³/mol. The van der Waals surface area contributed by atoms with Crippen molar-refractivity contribution < 1.29 is 18.6 Å². The molecule has 0 aromatic heterocycles. The van der Waals surface area contributed by atoms with Crippen molar-refractivity contribution in [3.8, 4) is 0 Å². The van der Waals surface area contributed by atoms with Gasteiger partial charge < -0.3 is 10.2 Å². The number of aliphatic hydroxyl groups is 2. The highest BCUT2D eigenvalue weighted by molar-refractivity contribution is 7.89. The number of aliphatic hydroxyl groups excluding tert-OH is 2. The highest BCUT2D eigenvalue weighted by Crippen LogP contribution is 2.36. The third-order valence-electron chi connectivity index (χ3n) is 5.23. The van der Waals surface area contributed by atoms with Gasteiger partial charge in [0.2, 0.25) is 10.0 Å². The fourth-order valence-electron chi connectivity index (χ4n) is 3.62. The van der Waals surface area contributed by atoms with Crippen LogP contribution in [0.25, 0.3) is 0 Å². The van der Waals surface area contributed by atoms with Crippen LogP contribution in [0.2, 0.25) is 0 Å². The molecule has 5 nitrogen and oxygen atoms in total. The number of sulfonamides is 1. The van der Waals surface area contributed by atoms with E-state index in [-0.39, 0.29) is 23.3 Å². The summed E-state index contributed by atoms with van der Waals surface area (Å²) in [4.78, 5) is 0.208. The highest BCUT2D eigenvalue weighted by atomic mass is 35.5. The molecule has 0 saturated carbocycles. The van der Waals surface area contributed by atoms with Crippen molar-refractivity contribution in [1.82, 2.24) is 4.31 Å². The van der Waals surface area contributed by atoms with E-state index in [1.807, 2.05) is 37.3 Å². The lowest BCUT2D eigenvalue weighted by Crippen LogP contribution is -2.31. The number of aryl methyl sites for hydroxylation is 1. The van der Waals surface area contributed by atoms with Gasteiger partial charge in [-0.2, -0.15) is 4.31 Å². The lowest BCUT2D eigenvalue weighted by Gasteiger charge is -2.27. The Hall–Kier alpha value is -1.41. The summed E-state index contributed by atoms with van der Waals surface area (Å²) in [5.41, 5.74) is 1.69. The zero-order chi connectivity index (χ0) is 22.3. The predicted octanol–water partition coefficient (Wildman–Crippen LogP) is 3.93. The van der Waals surface area contributed by atoms with Gasteiger partial charge >= 0.3 is 0 Å². The maximum absolute atomic E-state index is 12.9. The van der Waals surface area contributed by atoms with Crippen LogP contribution in [0.3, 0.4) is 0 Å². The van der Waals surface area contributed by atoms with Crippen LogP contribution in [-0.4, -0.2) is 47.5 Å². The minimum atomic E-state index is -3.70. The second-order valence-corrected chi connectivity index (χ2v) is 9.88. The van der Waals surface area contributed by atoms with Crippen LogP contribution in [0.15, 0.2) is 72.1 Å². The van der Waals surface area contributed by atoms with Crippen LogP contribution >= 0.6 is 23.2 Å². The molecule has 0 radical (unpaired) electrons. The lowest BCUT2D eigenvalue weighted by molar-refractivity contribution is 0.0523. The third-order valence-corrected chi connectivity index (χ3v) is 7.08. The molecule has 30 heavy (non-hydrogen) atoms. The van der Waals surface area contributed by atoms with Gasteiger partial charge in [0.05, 0.1) is 22.4 Å². The Morgan fingerprint density at radius 2 is 1.70 bits per heavy atom. The molecule has 0 spiro atoms. The van der Waals surface area contributed by atoms with Crippen LogP contribution in [0, 0.1) is 18.8 Å². The molecule has 4 atom stereocenters. The van der Waals surface area contributed by atoms with Gasteiger partial charge in [0.15, 0.2) is 0 Å². The number of hydrogen-bond donors (Lipinski definition) is 2. The van der Waals surface area contributed by atoms with Gasteiger partial charge in [-0.1, -0.05) is 54.1 Å². The molecule has 1 heterocycles. The molecule has 2 N–H and O–H groups in total. The number of β-amino-alcohol motifs (C(OH)–C–C–N with tert-alkyl or cyclic N) is 1. The van der Waals surface area contributed by atoms with Crippen LogP contribution in [0.5, 0.6) is 0 Å². The second-order valence-electron chi connectivity index (χ2n) is 7.14. The summed E-state index contributed by atoms with van der Waals surface area (Å²) in [7, 11) is -3.70. The van der Waals surface area contributed by atoms with E-state index in [0.717, 1.165) is 11.1 Å². The first-order valence-corrected chi connectivity index (χ1v) is 12.0. The summed E-state index contributed by atoms with van der Waals surface area (Å²) < 4.78 is 27.1. The molecule has 0 aliphatic carbocycles. The average Bonchev–Trinajstić information content (AvgIpc) is 3.12. The SMILES string of the molecule is C=C[C@H]([C@H]1CN(S(=O)(=O)c2ccc(C)cc2)C[C@H]1O)[C@H](O)c1ccccc1.ClCCl. The first kappa shape index (κ1) is 24.9. The summed E-state index contributed by atoms with van der Waals surface area (Å²) in [5, 5.41) is 21.5. The molecule has 0 amide bonds. The van der Waals surface area contributed by atoms with E-state index in [1.54, 1.807) is 30.3 Å². The summed E-state index contributed by atoms with van der Waals surface area (Å²) in [6, 6.07) is 15.8. The molecule has 1 aliphatic heterocycles. The Kier molecular flexibility index (Phi) is 9.34. The van der Waals surface area contributed by atoms with Gasteiger partial charge in [-0.15, -0.1) is 29.8 Å². The fourth-order valence-corrected chi connectivity index (χ4v) is 5.11. The van der Waals surface area contributed by atoms with Crippen molar-refractivity contribution >= 4 is 33.2 Å². The minimum Gasteiger partial charge on any atom is -0.391 e. The Labute approximate surface area is 188 Å². The Morgan fingerprint density at radius 1 is 1.13 bits per heavy atom. The number of nitrogens with zero attached hydrogens (tertiary/aromatic N) is 1. The quantitative estimate of drug-likeness (QED) is 0.493. The first-order valence-electron chi connectivity index (χ1n) is 9.48. The van der Waals surface area contributed by atoms with Gasteiger partial charge in [0.25, 0.3) is 0 Å². The molecule has 0 unspecified atom stereocenters. The van der Waals surface area contributed by atoms with Crippen molar-refractivity contribution in [3.63, 3.8) is 0 Å². The first-order chi connectivity index (χ1) is 14.3. The van der Waals surface area contributed by atoms with E-state index >= 15 is 0 Å². The smallest absolute Gasteiger partial charge is 0.243 e. The monoisotopic (exact) mass is 471 g/mol. The molecule has 1 fully saturated rings. The summed E-state index contributed by atoms with van der Waals surface area (Å²) in [6.45, 7) is 5.84. The van der Waals surface area contributed by atoms with Gasteiger partial charge in [0, 0.05) is 24.9 Å². The highest BCUT2D eigenvalue weighted by Gasteiger charge is 2.43. The summed E-state index contributed by atoms with van der Waals surface area (Å²) in [5.74, 6) is -0.890. The van der Waals surface area contributed by atoms with E-state index in [2.05, 4.69) is 6.58 Å². The Bertz CT molecular complexity index is 906. The number of benzene rings is 2. The number of hydrogen-bond acceptors (Lipinski definition) is 4. The molecule has 2 aromatic rings. The molecule has 2 aromatic carbocycles. The van der Waals surface area contributed by atoms with Crippen molar-refractivity contribution in [1.29, 1.82) is 0 Å². The third kappa shape index (κ3) is 5.84. The van der Waals surface area contributed by atoms with Crippen molar-refractivity contribution in [2.24, 2.45) is 11.8 Å². The molecular formula is C22H27Cl2NO4S. The molecule has 164 valence electrons. The fraction of sp³-hybridized carbons (Fsp3) is 0.364. The van der Waals surface area contributed by atoms with E-state index in [1.165, 1.54) is 4.31 Å². The molecule has 1 saturated heterocycles. The van der Waals surface area contributed by atoms with E-state index < -0.39 is 34.1 Å². The van der Waals surface area contributed by atoms with Gasteiger partial charge in [-0.25, -0.2) is 8.42 Å². The normalized spacial score (nSPS) is 21.4. The summed E-state index contributed by atoms with van der Waals surface area (Å²) in [6.07, 6.45) is -0.120. The molecular weight excluding hydrogens is 445 g/mol.